The van der Waals surface area contributed by atoms with Gasteiger partial charge in [0.25, 0.3) is 5.91 Å². The Balaban J connectivity index is 1.28. The van der Waals surface area contributed by atoms with Crippen LogP contribution in [0.5, 0.6) is 5.75 Å². The fourth-order valence-corrected chi connectivity index (χ4v) is 6.83. The SMILES string of the molecule is CC(C)(C)CCCOc1ccc(-c2cnc(-c3ccc(CC(NC(=O)c4ccc(C(C)(C)C)s4)C(=O)NC(C(=O)O)C(O)c4ccccc4)cc3)nc2)cc1. The Morgan fingerprint density at radius 2 is 1.42 bits per heavy atom. The van der Waals surface area contributed by atoms with Gasteiger partial charge in [-0.25, -0.2) is 14.8 Å². The summed E-state index contributed by atoms with van der Waals surface area (Å²) in [5.41, 5.74) is 3.74. The maximum atomic E-state index is 13.8. The number of amides is 2. The van der Waals surface area contributed by atoms with Crippen LogP contribution >= 0.6 is 11.3 Å². The van der Waals surface area contributed by atoms with Gasteiger partial charge in [-0.2, -0.15) is 0 Å². The van der Waals surface area contributed by atoms with Gasteiger partial charge in [-0.3, -0.25) is 9.59 Å². The molecule has 288 valence electrons. The van der Waals surface area contributed by atoms with Crippen LogP contribution in [0, 0.1) is 5.41 Å². The van der Waals surface area contributed by atoms with Crippen molar-refractivity contribution in [3.05, 3.63) is 124 Å². The predicted molar refractivity (Wildman–Crippen MR) is 216 cm³/mol. The number of aliphatic hydroxyl groups excluding tert-OH is 1. The van der Waals surface area contributed by atoms with E-state index in [1.807, 2.05) is 54.6 Å². The van der Waals surface area contributed by atoms with Crippen molar-refractivity contribution < 1.29 is 29.3 Å². The second kappa shape index (κ2) is 17.8. The molecule has 0 bridgehead atoms. The summed E-state index contributed by atoms with van der Waals surface area (Å²) in [5.74, 6) is -1.28. The number of ether oxygens (including phenoxy) is 1. The van der Waals surface area contributed by atoms with Crippen LogP contribution in [0.1, 0.15) is 86.2 Å². The Hall–Kier alpha value is -5.39. The monoisotopic (exact) mass is 762 g/mol. The van der Waals surface area contributed by atoms with E-state index in [1.54, 1.807) is 48.8 Å². The number of carbonyl (C=O) groups excluding carboxylic acids is 2. The highest BCUT2D eigenvalue weighted by atomic mass is 32.1. The number of rotatable bonds is 15. The van der Waals surface area contributed by atoms with Gasteiger partial charge in [0, 0.05) is 34.8 Å². The van der Waals surface area contributed by atoms with Crippen LogP contribution < -0.4 is 15.4 Å². The molecule has 11 heteroatoms. The van der Waals surface area contributed by atoms with Gasteiger partial charge in [-0.05, 0) is 64.6 Å². The van der Waals surface area contributed by atoms with E-state index in [0.717, 1.165) is 40.2 Å². The number of carbonyl (C=O) groups is 3. The molecule has 2 aromatic heterocycles. The predicted octanol–water partition coefficient (Wildman–Crippen LogP) is 8.02. The van der Waals surface area contributed by atoms with E-state index in [-0.39, 0.29) is 17.3 Å². The third-order valence-corrected chi connectivity index (χ3v) is 10.6. The lowest BCUT2D eigenvalue weighted by Gasteiger charge is -2.24. The lowest BCUT2D eigenvalue weighted by Crippen LogP contribution is -2.54. The van der Waals surface area contributed by atoms with Crippen LogP contribution in [0.15, 0.2) is 103 Å². The van der Waals surface area contributed by atoms with Gasteiger partial charge < -0.3 is 25.6 Å². The van der Waals surface area contributed by atoms with Crippen LogP contribution in [0.25, 0.3) is 22.5 Å². The average molecular weight is 763 g/mol. The topological polar surface area (TPSA) is 151 Å². The van der Waals surface area contributed by atoms with E-state index >= 15 is 0 Å². The molecule has 0 radical (unpaired) electrons. The second-order valence-electron chi connectivity index (χ2n) is 15.9. The molecule has 2 heterocycles. The third-order valence-electron chi connectivity index (χ3n) is 9.04. The summed E-state index contributed by atoms with van der Waals surface area (Å²) < 4.78 is 5.91. The molecule has 0 fully saturated rings. The minimum atomic E-state index is -1.65. The van der Waals surface area contributed by atoms with E-state index in [9.17, 15) is 24.6 Å². The van der Waals surface area contributed by atoms with Crippen molar-refractivity contribution in [1.82, 2.24) is 20.6 Å². The molecule has 3 aromatic carbocycles. The number of nitrogens with one attached hydrogen (secondary N) is 2. The van der Waals surface area contributed by atoms with Crippen LogP contribution in [-0.4, -0.2) is 56.7 Å². The highest BCUT2D eigenvalue weighted by Gasteiger charge is 2.33. The molecule has 3 atom stereocenters. The van der Waals surface area contributed by atoms with E-state index in [4.69, 9.17) is 4.74 Å². The standard InChI is InChI=1S/C44H50N4O6S/c1-43(2,3)23-10-24-54-33-19-17-29(18-20-33)32-26-45-39(46-27-32)31-15-13-28(14-16-31)25-34(47-41(51)35-21-22-36(55-35)44(4,5)6)40(50)48-37(42(52)53)38(49)30-11-8-7-9-12-30/h7-9,11-22,26-27,34,37-38,49H,10,23-25H2,1-6H3,(H,47,51)(H,48,50)(H,52,53). The summed E-state index contributed by atoms with van der Waals surface area (Å²) in [7, 11) is 0. The Bertz CT molecular complexity index is 2030. The Morgan fingerprint density at radius 3 is 2.00 bits per heavy atom. The Morgan fingerprint density at radius 1 is 0.782 bits per heavy atom. The number of nitrogens with zero attached hydrogens (tertiary/aromatic N) is 2. The summed E-state index contributed by atoms with van der Waals surface area (Å²) in [6.07, 6.45) is 4.17. The number of aliphatic carboxylic acids is 1. The molecular formula is C44H50N4O6S. The van der Waals surface area contributed by atoms with Crippen molar-refractivity contribution in [2.75, 3.05) is 6.61 Å². The minimum Gasteiger partial charge on any atom is -0.494 e. The molecular weight excluding hydrogens is 713 g/mol. The molecule has 0 saturated carbocycles. The van der Waals surface area contributed by atoms with Gasteiger partial charge >= 0.3 is 5.97 Å². The number of thiophene rings is 1. The quantitative estimate of drug-likeness (QED) is 0.0784. The first kappa shape index (κ1) is 40.8. The molecule has 4 N–H and O–H groups in total. The van der Waals surface area contributed by atoms with Crippen molar-refractivity contribution in [2.45, 2.75) is 84.4 Å². The largest absolute Gasteiger partial charge is 0.494 e. The van der Waals surface area contributed by atoms with E-state index in [2.05, 4.69) is 62.1 Å². The number of benzene rings is 3. The lowest BCUT2D eigenvalue weighted by molar-refractivity contribution is -0.145. The van der Waals surface area contributed by atoms with Gasteiger partial charge in [0.1, 0.15) is 17.9 Å². The summed E-state index contributed by atoms with van der Waals surface area (Å²) in [6.45, 7) is 13.5. The smallest absolute Gasteiger partial charge is 0.329 e. The molecule has 2 amide bonds. The van der Waals surface area contributed by atoms with Crippen LogP contribution in [0.2, 0.25) is 0 Å². The maximum Gasteiger partial charge on any atom is 0.329 e. The van der Waals surface area contributed by atoms with Crippen LogP contribution in [0.3, 0.4) is 0 Å². The molecule has 55 heavy (non-hydrogen) atoms. The van der Waals surface area contributed by atoms with Gasteiger partial charge in [0.05, 0.1) is 11.5 Å². The molecule has 5 rings (SSSR count). The fraction of sp³-hybridized carbons (Fsp3) is 0.341. The molecule has 0 spiro atoms. The molecule has 0 aliphatic heterocycles. The van der Waals surface area contributed by atoms with E-state index < -0.39 is 36.0 Å². The Labute approximate surface area is 327 Å². The summed E-state index contributed by atoms with van der Waals surface area (Å²) in [6, 6.07) is 24.2. The molecule has 10 nitrogen and oxygen atoms in total. The number of aromatic nitrogens is 2. The molecule has 5 aromatic rings. The molecule has 0 saturated heterocycles. The van der Waals surface area contributed by atoms with E-state index in [1.165, 1.54) is 11.3 Å². The van der Waals surface area contributed by atoms with Crippen LogP contribution in [0.4, 0.5) is 0 Å². The highest BCUT2D eigenvalue weighted by Crippen LogP contribution is 2.30. The normalized spacial score (nSPS) is 13.4. The average Bonchev–Trinajstić information content (AvgIpc) is 3.68. The first-order valence-electron chi connectivity index (χ1n) is 18.4. The first-order valence-corrected chi connectivity index (χ1v) is 19.2. The molecule has 0 aliphatic carbocycles. The zero-order chi connectivity index (χ0) is 39.8. The minimum absolute atomic E-state index is 0.0548. The number of carboxylic acid groups (broad SMARTS) is 1. The van der Waals surface area contributed by atoms with Gasteiger partial charge in [-0.15, -0.1) is 11.3 Å². The molecule has 0 aliphatic rings. The van der Waals surface area contributed by atoms with E-state index in [0.29, 0.717) is 28.4 Å². The zero-order valence-electron chi connectivity index (χ0n) is 32.2. The van der Waals surface area contributed by atoms with Crippen molar-refractivity contribution in [3.8, 4) is 28.3 Å². The van der Waals surface area contributed by atoms with Crippen molar-refractivity contribution in [3.63, 3.8) is 0 Å². The van der Waals surface area contributed by atoms with Crippen molar-refractivity contribution in [2.24, 2.45) is 5.41 Å². The zero-order valence-corrected chi connectivity index (χ0v) is 33.0. The van der Waals surface area contributed by atoms with Gasteiger partial charge in [0.2, 0.25) is 5.91 Å². The fourth-order valence-electron chi connectivity index (χ4n) is 5.86. The number of carboxylic acids is 1. The number of aliphatic hydroxyl groups is 1. The third kappa shape index (κ3) is 11.6. The van der Waals surface area contributed by atoms with Crippen molar-refractivity contribution in [1.29, 1.82) is 0 Å². The molecule has 3 unspecified atom stereocenters. The summed E-state index contributed by atoms with van der Waals surface area (Å²) in [5, 5.41) is 26.2. The van der Waals surface area contributed by atoms with Crippen molar-refractivity contribution >= 4 is 29.1 Å². The number of hydrogen-bond acceptors (Lipinski definition) is 8. The number of hydrogen-bond donors (Lipinski definition) is 4. The summed E-state index contributed by atoms with van der Waals surface area (Å²) >= 11 is 1.34. The first-order chi connectivity index (χ1) is 26.1. The highest BCUT2D eigenvalue weighted by molar-refractivity contribution is 7.14. The van der Waals surface area contributed by atoms with Crippen LogP contribution in [-0.2, 0) is 21.4 Å². The Kier molecular flexibility index (Phi) is 13.2. The van der Waals surface area contributed by atoms with Gasteiger partial charge in [-0.1, -0.05) is 108 Å². The lowest BCUT2D eigenvalue weighted by atomic mass is 9.91. The second-order valence-corrected chi connectivity index (χ2v) is 16.9. The van der Waals surface area contributed by atoms with Gasteiger partial charge in [0.15, 0.2) is 11.9 Å². The summed E-state index contributed by atoms with van der Waals surface area (Å²) in [4.78, 5) is 50.1. The maximum absolute atomic E-state index is 13.8.